The number of rotatable bonds is 7. The van der Waals surface area contributed by atoms with Crippen LogP contribution in [0.4, 0.5) is 5.69 Å². The van der Waals surface area contributed by atoms with Crippen LogP contribution in [-0.2, 0) is 4.79 Å². The van der Waals surface area contributed by atoms with Crippen LogP contribution in [0.2, 0.25) is 0 Å². The van der Waals surface area contributed by atoms with E-state index < -0.39 is 0 Å². The Kier molecular flexibility index (Phi) is 7.23. The summed E-state index contributed by atoms with van der Waals surface area (Å²) in [7, 11) is 1.74. The third-order valence-electron chi connectivity index (χ3n) is 5.56. The summed E-state index contributed by atoms with van der Waals surface area (Å²) in [4.78, 5) is 31.3. The number of carbonyl (C=O) groups excluding carboxylic acids is 2. The average molecular weight is 419 g/mol. The van der Waals surface area contributed by atoms with Gasteiger partial charge in [0, 0.05) is 42.0 Å². The van der Waals surface area contributed by atoms with Gasteiger partial charge >= 0.3 is 0 Å². The zero-order chi connectivity index (χ0) is 22.4. The first-order chi connectivity index (χ1) is 15.0. The number of nitrogens with one attached hydrogen (secondary N) is 2. The van der Waals surface area contributed by atoms with Gasteiger partial charge in [0.05, 0.1) is 6.54 Å². The van der Waals surface area contributed by atoms with Gasteiger partial charge in [-0.25, -0.2) is 0 Å². The molecule has 2 aromatic rings. The maximum atomic E-state index is 12.5. The zero-order valence-corrected chi connectivity index (χ0v) is 18.6. The molecule has 2 amide bonds. The van der Waals surface area contributed by atoms with E-state index in [0.717, 1.165) is 28.2 Å². The molecule has 6 heteroatoms. The lowest BCUT2D eigenvalue weighted by atomic mass is 10.0. The molecule has 31 heavy (non-hydrogen) atoms. The number of para-hydroxylation sites is 1. The van der Waals surface area contributed by atoms with E-state index in [1.54, 1.807) is 7.05 Å². The van der Waals surface area contributed by atoms with E-state index in [4.69, 9.17) is 0 Å². The van der Waals surface area contributed by atoms with E-state index in [2.05, 4.69) is 15.6 Å². The second-order valence-corrected chi connectivity index (χ2v) is 7.51. The number of amidine groups is 1. The summed E-state index contributed by atoms with van der Waals surface area (Å²) in [6, 6.07) is 16.9. The van der Waals surface area contributed by atoms with Crippen LogP contribution in [0.5, 0.6) is 0 Å². The first-order valence-corrected chi connectivity index (χ1v) is 10.7. The summed E-state index contributed by atoms with van der Waals surface area (Å²) in [6.07, 6.45) is 0.685. The van der Waals surface area contributed by atoms with E-state index in [9.17, 15) is 9.59 Å². The number of nitrogens with zero attached hydrogens (tertiary/aromatic N) is 2. The highest BCUT2D eigenvalue weighted by atomic mass is 16.2. The zero-order valence-electron chi connectivity index (χ0n) is 18.6. The minimum Gasteiger partial charge on any atom is -0.364 e. The van der Waals surface area contributed by atoms with Gasteiger partial charge in [-0.15, -0.1) is 0 Å². The summed E-state index contributed by atoms with van der Waals surface area (Å²) in [5.74, 6) is 0.708. The molecule has 3 rings (SSSR count). The predicted octanol–water partition coefficient (Wildman–Crippen LogP) is 4.19. The molecule has 6 nitrogen and oxygen atoms in total. The van der Waals surface area contributed by atoms with Gasteiger partial charge in [-0.1, -0.05) is 37.3 Å². The Morgan fingerprint density at radius 1 is 1.10 bits per heavy atom. The van der Waals surface area contributed by atoms with Gasteiger partial charge in [0.2, 0.25) is 0 Å². The Balaban J connectivity index is 1.70. The minimum atomic E-state index is -0.143. The van der Waals surface area contributed by atoms with Crippen LogP contribution in [0.25, 0.3) is 0 Å². The first kappa shape index (κ1) is 22.3. The Bertz CT molecular complexity index is 994. The van der Waals surface area contributed by atoms with Gasteiger partial charge in [-0.2, -0.15) is 0 Å². The van der Waals surface area contributed by atoms with E-state index in [1.807, 2.05) is 80.3 Å². The fraction of sp³-hybridized carbons (Fsp3) is 0.320. The quantitative estimate of drug-likeness (QED) is 0.523. The summed E-state index contributed by atoms with van der Waals surface area (Å²) in [6.45, 7) is 7.31. The Morgan fingerprint density at radius 3 is 2.35 bits per heavy atom. The summed E-state index contributed by atoms with van der Waals surface area (Å²) >= 11 is 0. The second-order valence-electron chi connectivity index (χ2n) is 7.51. The molecule has 0 aliphatic carbocycles. The molecule has 0 aromatic heterocycles. The number of hydrogen-bond acceptors (Lipinski definition) is 3. The first-order valence-electron chi connectivity index (χ1n) is 10.7. The van der Waals surface area contributed by atoms with Crippen LogP contribution in [0.1, 0.15) is 49.2 Å². The number of benzene rings is 2. The van der Waals surface area contributed by atoms with Crippen molar-refractivity contribution in [1.29, 1.82) is 0 Å². The monoisotopic (exact) mass is 418 g/mol. The van der Waals surface area contributed by atoms with E-state index in [1.165, 1.54) is 0 Å². The molecular weight excluding hydrogens is 388 g/mol. The molecular formula is C25H30N4O2. The van der Waals surface area contributed by atoms with Crippen molar-refractivity contribution in [2.45, 2.75) is 33.2 Å². The molecule has 0 bridgehead atoms. The highest BCUT2D eigenvalue weighted by molar-refractivity contribution is 6.10. The van der Waals surface area contributed by atoms with Crippen molar-refractivity contribution in [3.63, 3.8) is 0 Å². The minimum absolute atomic E-state index is 0.0266. The Labute approximate surface area is 184 Å². The summed E-state index contributed by atoms with van der Waals surface area (Å²) in [5, 5.41) is 6.35. The van der Waals surface area contributed by atoms with Crippen LogP contribution in [-0.4, -0.2) is 42.7 Å². The normalized spacial score (nSPS) is 15.3. The number of anilines is 1. The van der Waals surface area contributed by atoms with E-state index in [-0.39, 0.29) is 17.9 Å². The van der Waals surface area contributed by atoms with Crippen molar-refractivity contribution < 1.29 is 9.59 Å². The number of carbonyl (C=O) groups is 2. The van der Waals surface area contributed by atoms with Gasteiger partial charge in [-0.3, -0.25) is 14.6 Å². The molecule has 0 fully saturated rings. The van der Waals surface area contributed by atoms with Crippen molar-refractivity contribution >= 4 is 23.3 Å². The van der Waals surface area contributed by atoms with E-state index >= 15 is 0 Å². The lowest BCUT2D eigenvalue weighted by Gasteiger charge is -2.19. The van der Waals surface area contributed by atoms with E-state index in [0.29, 0.717) is 25.1 Å². The topological polar surface area (TPSA) is 73.8 Å². The lowest BCUT2D eigenvalue weighted by molar-refractivity contribution is -0.125. The number of amides is 2. The van der Waals surface area contributed by atoms with Gasteiger partial charge in [0.15, 0.2) is 0 Å². The second kappa shape index (κ2) is 10.1. The Hall–Kier alpha value is -3.41. The Morgan fingerprint density at radius 2 is 1.77 bits per heavy atom. The highest BCUT2D eigenvalue weighted by Crippen LogP contribution is 2.24. The van der Waals surface area contributed by atoms with Crippen LogP contribution in [0.3, 0.4) is 0 Å². The van der Waals surface area contributed by atoms with Crippen molar-refractivity contribution in [1.82, 2.24) is 10.2 Å². The molecule has 0 radical (unpaired) electrons. The predicted molar refractivity (Wildman–Crippen MR) is 125 cm³/mol. The lowest BCUT2D eigenvalue weighted by Crippen LogP contribution is -2.31. The maximum Gasteiger partial charge on any atom is 0.255 e. The summed E-state index contributed by atoms with van der Waals surface area (Å²) < 4.78 is 0. The SMILES string of the molecule is CCC1=C(C(=NC)N[C@@H](C)c2ccc(C(=O)Nc3ccccc3)cc2)CN(CC)C1=O. The number of aliphatic imine (C=N–C) groups is 1. The third-order valence-corrected chi connectivity index (χ3v) is 5.56. The molecule has 2 N–H and O–H groups in total. The smallest absolute Gasteiger partial charge is 0.255 e. The van der Waals surface area contributed by atoms with Crippen LogP contribution in [0.15, 0.2) is 70.7 Å². The molecule has 0 saturated heterocycles. The molecule has 0 saturated carbocycles. The number of likely N-dealkylation sites (N-methyl/N-ethyl adjacent to an activating group) is 1. The fourth-order valence-corrected chi connectivity index (χ4v) is 3.74. The molecule has 2 aromatic carbocycles. The molecule has 1 heterocycles. The van der Waals surface area contributed by atoms with Crippen LogP contribution in [0, 0.1) is 0 Å². The molecule has 1 atom stereocenters. The van der Waals surface area contributed by atoms with Crippen molar-refractivity contribution in [2.75, 3.05) is 25.5 Å². The molecule has 1 aliphatic heterocycles. The van der Waals surface area contributed by atoms with Gasteiger partial charge in [0.25, 0.3) is 11.8 Å². The molecule has 0 spiro atoms. The standard InChI is InChI=1S/C25H30N4O2/c1-5-21-22(16-29(6-2)25(21)31)23(26-4)27-17(3)18-12-14-19(15-13-18)24(30)28-20-10-8-7-9-11-20/h7-15,17H,5-6,16H2,1-4H3,(H,26,27)(H,28,30)/t17-/m0/s1. The van der Waals surface area contributed by atoms with Crippen molar-refractivity contribution in [2.24, 2.45) is 4.99 Å². The van der Waals surface area contributed by atoms with Crippen LogP contribution < -0.4 is 10.6 Å². The fourth-order valence-electron chi connectivity index (χ4n) is 3.74. The highest BCUT2D eigenvalue weighted by Gasteiger charge is 2.30. The maximum absolute atomic E-state index is 12.5. The van der Waals surface area contributed by atoms with Gasteiger partial charge in [-0.05, 0) is 50.1 Å². The van der Waals surface area contributed by atoms with Gasteiger partial charge < -0.3 is 15.5 Å². The molecule has 0 unspecified atom stereocenters. The van der Waals surface area contributed by atoms with Crippen LogP contribution >= 0.6 is 0 Å². The molecule has 1 aliphatic rings. The van der Waals surface area contributed by atoms with Crippen molar-refractivity contribution in [3.05, 3.63) is 76.9 Å². The van der Waals surface area contributed by atoms with Gasteiger partial charge in [0.1, 0.15) is 5.84 Å². The number of hydrogen-bond donors (Lipinski definition) is 2. The summed E-state index contributed by atoms with van der Waals surface area (Å²) in [5.41, 5.74) is 4.20. The molecule has 162 valence electrons. The van der Waals surface area contributed by atoms with Crippen molar-refractivity contribution in [3.8, 4) is 0 Å². The third kappa shape index (κ3) is 5.02. The largest absolute Gasteiger partial charge is 0.364 e. The average Bonchev–Trinajstić information content (AvgIpc) is 3.13.